The third-order valence-corrected chi connectivity index (χ3v) is 6.52. The molecule has 1 amide bonds. The number of methoxy groups -OCH3 is 1. The van der Waals surface area contributed by atoms with Crippen molar-refractivity contribution in [2.75, 3.05) is 78.4 Å². The minimum Gasteiger partial charge on any atom is -0.494 e. The fourth-order valence-electron chi connectivity index (χ4n) is 4.57. The molecule has 12 nitrogen and oxygen atoms in total. The van der Waals surface area contributed by atoms with E-state index in [1.807, 2.05) is 44.2 Å². The predicted molar refractivity (Wildman–Crippen MR) is 169 cm³/mol. The van der Waals surface area contributed by atoms with Crippen molar-refractivity contribution in [1.29, 1.82) is 0 Å². The summed E-state index contributed by atoms with van der Waals surface area (Å²) in [5.41, 5.74) is 5.23. The Labute approximate surface area is 259 Å². The third-order valence-electron chi connectivity index (χ3n) is 6.52. The Hall–Kier alpha value is -4.00. The molecule has 0 saturated heterocycles. The van der Waals surface area contributed by atoms with Gasteiger partial charge in [0.25, 0.3) is 0 Å². The molecule has 0 bridgehead atoms. The molecule has 12 heteroatoms. The molecule has 0 saturated carbocycles. The summed E-state index contributed by atoms with van der Waals surface area (Å²) in [7, 11) is 1.32. The van der Waals surface area contributed by atoms with E-state index in [1.54, 1.807) is 0 Å². The molecule has 3 aromatic rings. The zero-order valence-corrected chi connectivity index (χ0v) is 25.2. The third kappa shape index (κ3) is 10.0. The quantitative estimate of drug-likeness (QED) is 0.112. The van der Waals surface area contributed by atoms with Gasteiger partial charge in [-0.05, 0) is 43.7 Å². The van der Waals surface area contributed by atoms with Crippen LogP contribution >= 0.6 is 0 Å². The van der Waals surface area contributed by atoms with Gasteiger partial charge in [-0.3, -0.25) is 5.10 Å². The van der Waals surface area contributed by atoms with Crippen LogP contribution in [0, 0.1) is 0 Å². The van der Waals surface area contributed by atoms with Crippen LogP contribution in [0.15, 0.2) is 36.4 Å². The molecule has 242 valence electrons. The van der Waals surface area contributed by atoms with E-state index in [2.05, 4.69) is 31.6 Å². The van der Waals surface area contributed by atoms with E-state index in [0.29, 0.717) is 71.8 Å². The number of aromatic amines is 1. The Balaban J connectivity index is 0.00000529. The van der Waals surface area contributed by atoms with Gasteiger partial charge in [0.1, 0.15) is 5.75 Å². The normalized spacial score (nSPS) is 11.2. The summed E-state index contributed by atoms with van der Waals surface area (Å²) in [6.45, 7) is 8.80. The van der Waals surface area contributed by atoms with Crippen molar-refractivity contribution >= 4 is 17.6 Å². The molecule has 44 heavy (non-hydrogen) atoms. The smallest absolute Gasteiger partial charge is 0.406 e. The first-order chi connectivity index (χ1) is 21.1. The van der Waals surface area contributed by atoms with Crippen molar-refractivity contribution in [3.63, 3.8) is 0 Å². The molecule has 1 aliphatic rings. The number of alkyl carbamates (subject to hydrolysis) is 1. The van der Waals surface area contributed by atoms with Gasteiger partial charge in [0.2, 0.25) is 0 Å². The van der Waals surface area contributed by atoms with Gasteiger partial charge in [0, 0.05) is 48.9 Å². The van der Waals surface area contributed by atoms with Crippen LogP contribution in [0.5, 0.6) is 17.2 Å². The molecular weight excluding hydrogens is 568 g/mol. The van der Waals surface area contributed by atoms with Gasteiger partial charge in [-0.2, -0.15) is 5.10 Å². The van der Waals surface area contributed by atoms with Gasteiger partial charge in [-0.25, -0.2) is 4.79 Å². The number of H-pyrrole nitrogens is 1. The molecule has 1 heterocycles. The maximum Gasteiger partial charge on any atom is 0.406 e. The first kappa shape index (κ1) is 34.5. The molecule has 0 spiro atoms. The summed E-state index contributed by atoms with van der Waals surface area (Å²) < 4.78 is 38.7. The number of rotatable bonds is 20. The Kier molecular flexibility index (Phi) is 14.6. The Bertz CT molecular complexity index is 1300. The minimum atomic E-state index is -0.472. The van der Waals surface area contributed by atoms with Crippen molar-refractivity contribution in [3.8, 4) is 28.5 Å². The van der Waals surface area contributed by atoms with Crippen LogP contribution < -0.4 is 24.8 Å². The Morgan fingerprint density at radius 2 is 1.61 bits per heavy atom. The van der Waals surface area contributed by atoms with E-state index in [0.717, 1.165) is 58.2 Å². The molecule has 4 rings (SSSR count). The van der Waals surface area contributed by atoms with Crippen molar-refractivity contribution in [2.45, 2.75) is 34.1 Å². The number of aromatic nitrogens is 2. The fourth-order valence-corrected chi connectivity index (χ4v) is 4.57. The number of ether oxygens (including phenoxy) is 7. The van der Waals surface area contributed by atoms with Crippen LogP contribution in [-0.2, 0) is 25.4 Å². The second-order valence-electron chi connectivity index (χ2n) is 9.53. The lowest BCUT2D eigenvalue weighted by Crippen LogP contribution is -2.27. The number of carbonyl (C=O) groups excluding carboxylic acids is 1. The second-order valence-corrected chi connectivity index (χ2v) is 9.53. The van der Waals surface area contributed by atoms with Crippen molar-refractivity contribution in [3.05, 3.63) is 47.5 Å². The van der Waals surface area contributed by atoms with E-state index in [4.69, 9.17) is 28.4 Å². The molecule has 1 aromatic heterocycles. The maximum atomic E-state index is 10.9. The topological polar surface area (TPSA) is 134 Å². The molecule has 0 unspecified atom stereocenters. The zero-order chi connectivity index (χ0) is 30.3. The fraction of sp³-hybridized carbons (Fsp3) is 0.500. The van der Waals surface area contributed by atoms with Crippen LogP contribution in [0.2, 0.25) is 0 Å². The average molecular weight is 615 g/mol. The van der Waals surface area contributed by atoms with Crippen LogP contribution in [0.1, 0.15) is 38.8 Å². The number of nitrogens with zero attached hydrogens (tertiary/aromatic N) is 1. The van der Waals surface area contributed by atoms with Gasteiger partial charge in [0.15, 0.2) is 17.3 Å². The highest BCUT2D eigenvalue weighted by molar-refractivity contribution is 5.81. The highest BCUT2D eigenvalue weighted by Crippen LogP contribution is 2.44. The lowest BCUT2D eigenvalue weighted by Gasteiger charge is -2.14. The summed E-state index contributed by atoms with van der Waals surface area (Å²) in [5.74, 6) is 3.04. The van der Waals surface area contributed by atoms with Gasteiger partial charge in [0.05, 0.1) is 65.7 Å². The largest absolute Gasteiger partial charge is 0.494 e. The van der Waals surface area contributed by atoms with Crippen molar-refractivity contribution < 1.29 is 38.0 Å². The molecular formula is C32H46N4O8. The molecule has 0 atom stereocenters. The molecule has 0 radical (unpaired) electrons. The summed E-state index contributed by atoms with van der Waals surface area (Å²) in [4.78, 5) is 10.9. The molecule has 0 fully saturated rings. The van der Waals surface area contributed by atoms with Crippen LogP contribution in [-0.4, -0.2) is 89.4 Å². The van der Waals surface area contributed by atoms with E-state index in [9.17, 15) is 4.79 Å². The van der Waals surface area contributed by atoms with Crippen LogP contribution in [0.25, 0.3) is 11.3 Å². The van der Waals surface area contributed by atoms with E-state index in [-0.39, 0.29) is 7.43 Å². The number of fused-ring (bicyclic) bond motifs is 3. The first-order valence-electron chi connectivity index (χ1n) is 14.7. The number of anilines is 2. The van der Waals surface area contributed by atoms with Crippen molar-refractivity contribution in [2.24, 2.45) is 0 Å². The Morgan fingerprint density at radius 3 is 2.36 bits per heavy atom. The summed E-state index contributed by atoms with van der Waals surface area (Å²) in [6, 6.07) is 12.0. The molecule has 3 N–H and O–H groups in total. The zero-order valence-electron chi connectivity index (χ0n) is 25.2. The average Bonchev–Trinajstić information content (AvgIpc) is 3.56. The number of nitrogens with one attached hydrogen (secondary N) is 3. The molecule has 2 aromatic carbocycles. The molecule has 0 aliphatic heterocycles. The first-order valence-corrected chi connectivity index (χ1v) is 14.7. The number of carbonyl (C=O) groups is 1. The van der Waals surface area contributed by atoms with Crippen molar-refractivity contribution in [1.82, 2.24) is 15.5 Å². The standard InChI is InChI=1S/C31H42N4O8.CH4/c1-4-41-24-9-6-8-23(20-24)33-30-26-18-22-19-27(42-5-2)28(21-25(22)29(26)34-35-30)43-12-7-11-38-14-16-40-17-15-39-13-10-32-31(36)37-3;/h6,8-9,19-21H,4-5,7,10-18H2,1-3H3,(H,32,36)(H2,33,34,35);1H4. The number of hydrogen-bond donors (Lipinski definition) is 3. The van der Waals surface area contributed by atoms with E-state index < -0.39 is 6.09 Å². The minimum absolute atomic E-state index is 0. The van der Waals surface area contributed by atoms with E-state index in [1.165, 1.54) is 7.11 Å². The maximum absolute atomic E-state index is 10.9. The Morgan fingerprint density at radius 1 is 0.886 bits per heavy atom. The summed E-state index contributed by atoms with van der Waals surface area (Å²) in [5, 5.41) is 13.7. The summed E-state index contributed by atoms with van der Waals surface area (Å²) >= 11 is 0. The highest BCUT2D eigenvalue weighted by Gasteiger charge is 2.27. The lowest BCUT2D eigenvalue weighted by molar-refractivity contribution is 0.0133. The van der Waals surface area contributed by atoms with Gasteiger partial charge >= 0.3 is 6.09 Å². The number of benzene rings is 2. The van der Waals surface area contributed by atoms with Gasteiger partial charge in [-0.1, -0.05) is 13.5 Å². The second kappa shape index (κ2) is 18.6. The molecule has 1 aliphatic carbocycles. The van der Waals surface area contributed by atoms with Crippen LogP contribution in [0.4, 0.5) is 16.3 Å². The van der Waals surface area contributed by atoms with Gasteiger partial charge in [-0.15, -0.1) is 0 Å². The van der Waals surface area contributed by atoms with E-state index >= 15 is 0 Å². The monoisotopic (exact) mass is 614 g/mol. The lowest BCUT2D eigenvalue weighted by atomic mass is 10.1. The SMILES string of the molecule is C.CCOc1cccc(Nc2n[nH]c3c2Cc2cc(OCC)c(OCCCOCCOCCOCCNC(=O)OC)cc2-3)c1. The number of amides is 1. The number of hydrogen-bond acceptors (Lipinski definition) is 10. The predicted octanol–water partition coefficient (Wildman–Crippen LogP) is 5.33. The van der Waals surface area contributed by atoms with Gasteiger partial charge < -0.3 is 43.8 Å². The summed E-state index contributed by atoms with van der Waals surface area (Å²) in [6.07, 6.45) is 0.993. The van der Waals surface area contributed by atoms with Crippen LogP contribution in [0.3, 0.4) is 0 Å². The highest BCUT2D eigenvalue weighted by atomic mass is 16.6.